The first kappa shape index (κ1) is 19.4. The number of hydrogen-bond acceptors (Lipinski definition) is 6. The molecule has 8 heteroatoms. The molecule has 1 saturated heterocycles. The molecule has 150 valence electrons. The van der Waals surface area contributed by atoms with E-state index in [0.29, 0.717) is 28.6 Å². The maximum absolute atomic E-state index is 12.6. The molecule has 2 aromatic heterocycles. The zero-order valence-corrected chi connectivity index (χ0v) is 16.9. The van der Waals surface area contributed by atoms with Crippen molar-refractivity contribution in [3.8, 4) is 10.8 Å². The number of likely N-dealkylation sites (N-methyl/N-ethyl adjacent to an activating group) is 1. The van der Waals surface area contributed by atoms with Crippen molar-refractivity contribution in [1.29, 1.82) is 0 Å². The number of amides is 2. The third kappa shape index (κ3) is 4.55. The number of benzene rings is 1. The molecule has 29 heavy (non-hydrogen) atoms. The standard InChI is InChI=1S/C21H22N4O3S/c1-24-8-10-25(11-9-24)21(27)16-6-4-15(5-7-16)13-22-19(26)17-14-29-20(23-17)18-3-2-12-28-18/h2-7,12,14H,8-11,13H2,1H3,(H,22,26). The van der Waals surface area contributed by atoms with E-state index in [0.717, 1.165) is 31.7 Å². The molecule has 1 fully saturated rings. The summed E-state index contributed by atoms with van der Waals surface area (Å²) in [4.78, 5) is 33.4. The van der Waals surface area contributed by atoms with Crippen molar-refractivity contribution in [3.05, 3.63) is 64.9 Å². The van der Waals surface area contributed by atoms with Crippen LogP contribution in [0.4, 0.5) is 0 Å². The summed E-state index contributed by atoms with van der Waals surface area (Å²) < 4.78 is 5.30. The number of aromatic nitrogens is 1. The lowest BCUT2D eigenvalue weighted by molar-refractivity contribution is 0.0664. The van der Waals surface area contributed by atoms with E-state index >= 15 is 0 Å². The number of thiazole rings is 1. The number of carbonyl (C=O) groups is 2. The third-order valence-electron chi connectivity index (χ3n) is 4.91. The van der Waals surface area contributed by atoms with Gasteiger partial charge in [0.25, 0.3) is 11.8 Å². The Labute approximate surface area is 173 Å². The predicted octanol–water partition coefficient (Wildman–Crippen LogP) is 2.72. The number of carbonyl (C=O) groups excluding carboxylic acids is 2. The van der Waals surface area contributed by atoms with Crippen molar-refractivity contribution < 1.29 is 14.0 Å². The Morgan fingerprint density at radius 2 is 1.90 bits per heavy atom. The quantitative estimate of drug-likeness (QED) is 0.700. The molecule has 0 radical (unpaired) electrons. The van der Waals surface area contributed by atoms with Crippen LogP contribution in [0.15, 0.2) is 52.5 Å². The van der Waals surface area contributed by atoms with Crippen molar-refractivity contribution in [2.75, 3.05) is 33.2 Å². The monoisotopic (exact) mass is 410 g/mol. The van der Waals surface area contributed by atoms with E-state index < -0.39 is 0 Å². The van der Waals surface area contributed by atoms with Crippen LogP contribution in [0.2, 0.25) is 0 Å². The van der Waals surface area contributed by atoms with Crippen molar-refractivity contribution in [1.82, 2.24) is 20.1 Å². The Kier molecular flexibility index (Phi) is 5.73. The third-order valence-corrected chi connectivity index (χ3v) is 5.77. The van der Waals surface area contributed by atoms with Crippen LogP contribution in [0.25, 0.3) is 10.8 Å². The fourth-order valence-corrected chi connectivity index (χ4v) is 3.89. The molecule has 3 aromatic rings. The van der Waals surface area contributed by atoms with Crippen LogP contribution in [0.3, 0.4) is 0 Å². The highest BCUT2D eigenvalue weighted by Gasteiger charge is 2.20. The van der Waals surface area contributed by atoms with Gasteiger partial charge < -0.3 is 19.5 Å². The summed E-state index contributed by atoms with van der Waals surface area (Å²) in [7, 11) is 2.06. The van der Waals surface area contributed by atoms with E-state index in [2.05, 4.69) is 22.2 Å². The van der Waals surface area contributed by atoms with E-state index in [9.17, 15) is 9.59 Å². The first-order chi connectivity index (χ1) is 14.1. The van der Waals surface area contributed by atoms with Crippen molar-refractivity contribution >= 4 is 23.2 Å². The van der Waals surface area contributed by atoms with Gasteiger partial charge in [-0.2, -0.15) is 0 Å². The van der Waals surface area contributed by atoms with E-state index in [-0.39, 0.29) is 11.8 Å². The summed E-state index contributed by atoms with van der Waals surface area (Å²) in [5, 5.41) is 5.25. The molecule has 0 spiro atoms. The first-order valence-corrected chi connectivity index (χ1v) is 10.3. The second-order valence-electron chi connectivity index (χ2n) is 6.99. The molecule has 0 bridgehead atoms. The van der Waals surface area contributed by atoms with Crippen LogP contribution in [-0.2, 0) is 6.54 Å². The molecule has 4 rings (SSSR count). The van der Waals surface area contributed by atoms with E-state index in [4.69, 9.17) is 4.42 Å². The van der Waals surface area contributed by atoms with E-state index in [1.165, 1.54) is 11.3 Å². The molecule has 1 aliphatic heterocycles. The Balaban J connectivity index is 1.32. The maximum Gasteiger partial charge on any atom is 0.271 e. The smallest absolute Gasteiger partial charge is 0.271 e. The van der Waals surface area contributed by atoms with Crippen molar-refractivity contribution in [3.63, 3.8) is 0 Å². The number of rotatable bonds is 5. The van der Waals surface area contributed by atoms with Gasteiger partial charge in [-0.05, 0) is 36.9 Å². The molecule has 7 nitrogen and oxygen atoms in total. The average Bonchev–Trinajstić information content (AvgIpc) is 3.44. The predicted molar refractivity (Wildman–Crippen MR) is 111 cm³/mol. The first-order valence-electron chi connectivity index (χ1n) is 9.44. The largest absolute Gasteiger partial charge is 0.462 e. The number of furan rings is 1. The Morgan fingerprint density at radius 3 is 2.59 bits per heavy atom. The van der Waals surface area contributed by atoms with Crippen LogP contribution < -0.4 is 5.32 Å². The fourth-order valence-electron chi connectivity index (χ4n) is 3.12. The zero-order valence-electron chi connectivity index (χ0n) is 16.1. The minimum Gasteiger partial charge on any atom is -0.462 e. The maximum atomic E-state index is 12.6. The summed E-state index contributed by atoms with van der Waals surface area (Å²) >= 11 is 1.37. The number of hydrogen-bond donors (Lipinski definition) is 1. The molecule has 0 saturated carbocycles. The van der Waals surface area contributed by atoms with Crippen LogP contribution in [-0.4, -0.2) is 59.8 Å². The molecule has 1 N–H and O–H groups in total. The molecular formula is C21H22N4O3S. The molecule has 0 unspecified atom stereocenters. The van der Waals surface area contributed by atoms with E-state index in [1.54, 1.807) is 17.7 Å². The number of nitrogens with zero attached hydrogens (tertiary/aromatic N) is 3. The van der Waals surface area contributed by atoms with Crippen LogP contribution in [0.5, 0.6) is 0 Å². The van der Waals surface area contributed by atoms with Gasteiger partial charge in [-0.25, -0.2) is 4.98 Å². The molecule has 1 aromatic carbocycles. The number of nitrogens with one attached hydrogen (secondary N) is 1. The number of piperazine rings is 1. The van der Waals surface area contributed by atoms with Gasteiger partial charge in [0, 0.05) is 43.7 Å². The van der Waals surface area contributed by atoms with Gasteiger partial charge in [0.15, 0.2) is 10.8 Å². The molecule has 2 amide bonds. The van der Waals surface area contributed by atoms with Crippen molar-refractivity contribution in [2.45, 2.75) is 6.54 Å². The average molecular weight is 410 g/mol. The molecule has 1 aliphatic rings. The molecule has 0 aliphatic carbocycles. The second-order valence-corrected chi connectivity index (χ2v) is 7.85. The van der Waals surface area contributed by atoms with Gasteiger partial charge in [-0.3, -0.25) is 9.59 Å². The van der Waals surface area contributed by atoms with E-state index in [1.807, 2.05) is 35.2 Å². The van der Waals surface area contributed by atoms with Crippen molar-refractivity contribution in [2.24, 2.45) is 0 Å². The lowest BCUT2D eigenvalue weighted by atomic mass is 10.1. The molecule has 0 atom stereocenters. The van der Waals surface area contributed by atoms with Gasteiger partial charge in [0.05, 0.1) is 6.26 Å². The van der Waals surface area contributed by atoms with Crippen LogP contribution in [0, 0.1) is 0 Å². The Hall–Kier alpha value is -2.97. The minimum atomic E-state index is -0.239. The summed E-state index contributed by atoms with van der Waals surface area (Å²) in [6.45, 7) is 3.67. The van der Waals surface area contributed by atoms with Gasteiger partial charge in [-0.15, -0.1) is 11.3 Å². The lowest BCUT2D eigenvalue weighted by Crippen LogP contribution is -2.47. The highest BCUT2D eigenvalue weighted by Crippen LogP contribution is 2.23. The highest BCUT2D eigenvalue weighted by molar-refractivity contribution is 7.13. The Bertz CT molecular complexity index is 974. The highest BCUT2D eigenvalue weighted by atomic mass is 32.1. The van der Waals surface area contributed by atoms with Gasteiger partial charge >= 0.3 is 0 Å². The summed E-state index contributed by atoms with van der Waals surface area (Å²) in [5.41, 5.74) is 1.96. The van der Waals surface area contributed by atoms with Crippen LogP contribution in [0.1, 0.15) is 26.4 Å². The summed E-state index contributed by atoms with van der Waals surface area (Å²) in [6.07, 6.45) is 1.58. The minimum absolute atomic E-state index is 0.0571. The molecular weight excluding hydrogens is 388 g/mol. The van der Waals surface area contributed by atoms with Crippen LogP contribution >= 0.6 is 11.3 Å². The Morgan fingerprint density at radius 1 is 1.14 bits per heavy atom. The lowest BCUT2D eigenvalue weighted by Gasteiger charge is -2.32. The zero-order chi connectivity index (χ0) is 20.2. The molecule has 3 heterocycles. The normalized spacial score (nSPS) is 14.7. The SMILES string of the molecule is CN1CCN(C(=O)c2ccc(CNC(=O)c3csc(-c4ccco4)n3)cc2)CC1. The van der Waals surface area contributed by atoms with Gasteiger partial charge in [0.1, 0.15) is 5.69 Å². The van der Waals surface area contributed by atoms with Gasteiger partial charge in [-0.1, -0.05) is 12.1 Å². The van der Waals surface area contributed by atoms with Gasteiger partial charge in [0.2, 0.25) is 0 Å². The fraction of sp³-hybridized carbons (Fsp3) is 0.286. The second kappa shape index (κ2) is 8.59. The summed E-state index contributed by atoms with van der Waals surface area (Å²) in [5.74, 6) is 0.466. The summed E-state index contributed by atoms with van der Waals surface area (Å²) in [6, 6.07) is 11.0. The topological polar surface area (TPSA) is 78.7 Å².